The maximum atomic E-state index is 12.0. The Morgan fingerprint density at radius 2 is 1.71 bits per heavy atom. The lowest BCUT2D eigenvalue weighted by Gasteiger charge is -2.17. The third-order valence-corrected chi connectivity index (χ3v) is 4.54. The lowest BCUT2D eigenvalue weighted by atomic mass is 10.1. The highest BCUT2D eigenvalue weighted by Crippen LogP contribution is 2.37. The normalized spacial score (nSPS) is 13.7. The molecule has 0 saturated carbocycles. The van der Waals surface area contributed by atoms with Crippen LogP contribution in [0, 0.1) is 0 Å². The Morgan fingerprint density at radius 1 is 1.07 bits per heavy atom. The average Bonchev–Trinajstić information content (AvgIpc) is 2.64. The van der Waals surface area contributed by atoms with Crippen molar-refractivity contribution in [2.24, 2.45) is 0 Å². The Bertz CT molecular complexity index is 968. The molecule has 2 aromatic carbocycles. The van der Waals surface area contributed by atoms with Crippen LogP contribution in [-0.2, 0) is 16.2 Å². The minimum absolute atomic E-state index is 0.0336. The van der Waals surface area contributed by atoms with E-state index in [9.17, 15) is 9.59 Å². The summed E-state index contributed by atoms with van der Waals surface area (Å²) in [7, 11) is 1.47. The number of ether oxygens (including phenoxy) is 2. The van der Waals surface area contributed by atoms with Crippen LogP contribution in [0.2, 0.25) is 10.0 Å². The van der Waals surface area contributed by atoms with Gasteiger partial charge in [-0.2, -0.15) is 0 Å². The van der Waals surface area contributed by atoms with Crippen molar-refractivity contribution in [3.05, 3.63) is 63.1 Å². The van der Waals surface area contributed by atoms with Crippen molar-refractivity contribution in [2.45, 2.75) is 6.61 Å². The SMILES string of the molecule is COc1cc(C=C2C(=O)NC(=S)NC2=O)cc(Cl)c1OCc1ccc(Cl)cc1. The maximum Gasteiger partial charge on any atom is 0.263 e. The maximum absolute atomic E-state index is 12.0. The van der Waals surface area contributed by atoms with Crippen molar-refractivity contribution >= 4 is 58.4 Å². The molecule has 28 heavy (non-hydrogen) atoms. The number of carbonyl (C=O) groups is 2. The topological polar surface area (TPSA) is 76.7 Å². The molecule has 6 nitrogen and oxygen atoms in total. The number of amides is 2. The van der Waals surface area contributed by atoms with E-state index in [2.05, 4.69) is 10.6 Å². The van der Waals surface area contributed by atoms with Gasteiger partial charge in [0.2, 0.25) is 0 Å². The van der Waals surface area contributed by atoms with Crippen LogP contribution in [0.15, 0.2) is 42.0 Å². The summed E-state index contributed by atoms with van der Waals surface area (Å²) in [6.07, 6.45) is 1.39. The molecule has 0 spiro atoms. The van der Waals surface area contributed by atoms with Gasteiger partial charge in [-0.05, 0) is 53.7 Å². The van der Waals surface area contributed by atoms with Crippen molar-refractivity contribution in [1.29, 1.82) is 0 Å². The van der Waals surface area contributed by atoms with E-state index < -0.39 is 11.8 Å². The van der Waals surface area contributed by atoms with Crippen LogP contribution in [0.25, 0.3) is 6.08 Å². The lowest BCUT2D eigenvalue weighted by molar-refractivity contribution is -0.123. The molecule has 2 N–H and O–H groups in total. The number of methoxy groups -OCH3 is 1. The van der Waals surface area contributed by atoms with E-state index in [1.54, 1.807) is 24.3 Å². The Morgan fingerprint density at radius 3 is 2.32 bits per heavy atom. The molecule has 2 amide bonds. The van der Waals surface area contributed by atoms with E-state index in [0.29, 0.717) is 22.1 Å². The summed E-state index contributed by atoms with van der Waals surface area (Å²) in [5, 5.41) is 5.61. The highest BCUT2D eigenvalue weighted by Gasteiger charge is 2.26. The average molecular weight is 437 g/mol. The summed E-state index contributed by atoms with van der Waals surface area (Å²) in [4.78, 5) is 24.0. The number of carbonyl (C=O) groups excluding carboxylic acids is 2. The summed E-state index contributed by atoms with van der Waals surface area (Å²) >= 11 is 17.0. The highest BCUT2D eigenvalue weighted by atomic mass is 35.5. The summed E-state index contributed by atoms with van der Waals surface area (Å²) in [6.45, 7) is 0.260. The van der Waals surface area contributed by atoms with Crippen molar-refractivity contribution in [3.8, 4) is 11.5 Å². The Balaban J connectivity index is 1.86. The first-order chi connectivity index (χ1) is 13.4. The minimum Gasteiger partial charge on any atom is -0.493 e. The minimum atomic E-state index is -0.591. The van der Waals surface area contributed by atoms with E-state index in [4.69, 9.17) is 44.9 Å². The molecular formula is C19H14Cl2N2O4S. The lowest BCUT2D eigenvalue weighted by Crippen LogP contribution is -2.51. The van der Waals surface area contributed by atoms with Gasteiger partial charge < -0.3 is 9.47 Å². The van der Waals surface area contributed by atoms with E-state index in [1.165, 1.54) is 13.2 Å². The Kier molecular flexibility index (Phi) is 6.18. The molecule has 144 valence electrons. The van der Waals surface area contributed by atoms with Gasteiger partial charge in [-0.3, -0.25) is 20.2 Å². The van der Waals surface area contributed by atoms with Crippen LogP contribution in [0.5, 0.6) is 11.5 Å². The molecule has 1 aliphatic heterocycles. The number of thiocarbonyl (C=S) groups is 1. The molecule has 1 aliphatic rings. The second kappa shape index (κ2) is 8.60. The Hall–Kier alpha value is -2.61. The number of hydrogen-bond donors (Lipinski definition) is 2. The number of halogens is 2. The largest absolute Gasteiger partial charge is 0.493 e. The fraction of sp³-hybridized carbons (Fsp3) is 0.105. The van der Waals surface area contributed by atoms with Gasteiger partial charge in [-0.25, -0.2) is 0 Å². The zero-order valence-electron chi connectivity index (χ0n) is 14.5. The second-order valence-corrected chi connectivity index (χ2v) is 7.00. The van der Waals surface area contributed by atoms with Gasteiger partial charge in [-0.1, -0.05) is 35.3 Å². The van der Waals surface area contributed by atoms with Gasteiger partial charge in [-0.15, -0.1) is 0 Å². The number of rotatable bonds is 5. The van der Waals surface area contributed by atoms with Crippen molar-refractivity contribution in [3.63, 3.8) is 0 Å². The van der Waals surface area contributed by atoms with Gasteiger partial charge >= 0.3 is 0 Å². The molecule has 1 heterocycles. The molecular weight excluding hydrogens is 423 g/mol. The van der Waals surface area contributed by atoms with Crippen molar-refractivity contribution in [1.82, 2.24) is 10.6 Å². The summed E-state index contributed by atoms with van der Waals surface area (Å²) in [5.41, 5.74) is 1.30. The summed E-state index contributed by atoms with van der Waals surface area (Å²) in [5.74, 6) is -0.473. The van der Waals surface area contributed by atoms with E-state index in [1.807, 2.05) is 12.1 Å². The molecule has 0 aromatic heterocycles. The van der Waals surface area contributed by atoms with Crippen molar-refractivity contribution < 1.29 is 19.1 Å². The summed E-state index contributed by atoms with van der Waals surface area (Å²) < 4.78 is 11.1. The predicted octanol–water partition coefficient (Wildman–Crippen LogP) is 3.50. The van der Waals surface area contributed by atoms with Crippen LogP contribution in [0.3, 0.4) is 0 Å². The standard InChI is InChI=1S/C19H14Cl2N2O4S/c1-26-15-8-11(6-13-17(24)22-19(28)23-18(13)25)7-14(21)16(15)27-9-10-2-4-12(20)5-3-10/h2-8H,9H2,1H3,(H2,22,23,24,25,28). The molecule has 9 heteroatoms. The number of nitrogens with one attached hydrogen (secondary N) is 2. The molecule has 1 saturated heterocycles. The molecule has 2 aromatic rings. The zero-order chi connectivity index (χ0) is 20.3. The van der Waals surface area contributed by atoms with Crippen LogP contribution in [-0.4, -0.2) is 24.0 Å². The first-order valence-electron chi connectivity index (χ1n) is 8.00. The summed E-state index contributed by atoms with van der Waals surface area (Å²) in [6, 6.07) is 10.4. The van der Waals surface area contributed by atoms with E-state index in [-0.39, 0.29) is 22.3 Å². The Labute approximate surface area is 176 Å². The predicted molar refractivity (Wildman–Crippen MR) is 111 cm³/mol. The van der Waals surface area contributed by atoms with Gasteiger partial charge in [0.25, 0.3) is 11.8 Å². The first-order valence-corrected chi connectivity index (χ1v) is 9.17. The number of benzene rings is 2. The smallest absolute Gasteiger partial charge is 0.263 e. The van der Waals surface area contributed by atoms with Crippen LogP contribution < -0.4 is 20.1 Å². The van der Waals surface area contributed by atoms with Crippen LogP contribution >= 0.6 is 35.4 Å². The molecule has 0 unspecified atom stereocenters. The third kappa shape index (κ3) is 4.62. The molecule has 0 aliphatic carbocycles. The molecule has 1 fully saturated rings. The fourth-order valence-corrected chi connectivity index (χ4v) is 3.06. The second-order valence-electron chi connectivity index (χ2n) is 5.74. The highest BCUT2D eigenvalue weighted by molar-refractivity contribution is 7.80. The quantitative estimate of drug-likeness (QED) is 0.426. The van der Waals surface area contributed by atoms with Crippen LogP contribution in [0.1, 0.15) is 11.1 Å². The monoisotopic (exact) mass is 436 g/mol. The number of hydrogen-bond acceptors (Lipinski definition) is 5. The van der Waals surface area contributed by atoms with Gasteiger partial charge in [0.15, 0.2) is 16.6 Å². The van der Waals surface area contributed by atoms with Crippen molar-refractivity contribution in [2.75, 3.05) is 7.11 Å². The zero-order valence-corrected chi connectivity index (χ0v) is 16.9. The molecule has 0 bridgehead atoms. The van der Waals surface area contributed by atoms with Gasteiger partial charge in [0.05, 0.1) is 12.1 Å². The fourth-order valence-electron chi connectivity index (χ4n) is 2.47. The molecule has 0 atom stereocenters. The van der Waals surface area contributed by atoms with E-state index >= 15 is 0 Å². The third-order valence-electron chi connectivity index (χ3n) is 3.80. The van der Waals surface area contributed by atoms with Crippen LogP contribution in [0.4, 0.5) is 0 Å². The van der Waals surface area contributed by atoms with E-state index in [0.717, 1.165) is 5.56 Å². The molecule has 3 rings (SSSR count). The first kappa shape index (κ1) is 20.1. The van der Waals surface area contributed by atoms with Gasteiger partial charge in [0, 0.05) is 5.02 Å². The van der Waals surface area contributed by atoms with Gasteiger partial charge in [0.1, 0.15) is 12.2 Å². The molecule has 0 radical (unpaired) electrons.